The number of rotatable bonds is 2. The van der Waals surface area contributed by atoms with Gasteiger partial charge in [-0.2, -0.15) is 5.10 Å². The molecule has 0 N–H and O–H groups in total. The molecule has 0 fully saturated rings. The molecule has 72 valence electrons. The summed E-state index contributed by atoms with van der Waals surface area (Å²) in [7, 11) is 1.79. The number of hydrogen-bond acceptors (Lipinski definition) is 3. The minimum atomic E-state index is -0.265. The average Bonchev–Trinajstić information content (AvgIpc) is 2.67. The predicted octanol–water partition coefficient (Wildman–Crippen LogP) is -0.155. The Balaban J connectivity index is 2.12. The van der Waals surface area contributed by atoms with E-state index < -0.39 is 0 Å². The first-order chi connectivity index (χ1) is 6.66. The third kappa shape index (κ3) is 1.44. The van der Waals surface area contributed by atoms with E-state index in [0.717, 1.165) is 5.56 Å². The molecule has 0 aliphatic carbocycles. The fourth-order valence-electron chi connectivity index (χ4n) is 1.32. The van der Waals surface area contributed by atoms with E-state index in [4.69, 9.17) is 0 Å². The summed E-state index contributed by atoms with van der Waals surface area (Å²) in [6.07, 6.45) is 5.97. The highest BCUT2D eigenvalue weighted by atomic mass is 16.2. The van der Waals surface area contributed by atoms with Gasteiger partial charge in [-0.3, -0.25) is 19.2 Å². The zero-order valence-electron chi connectivity index (χ0n) is 7.67. The molecule has 0 saturated heterocycles. The SMILES string of the molecule is Cn1cc(CN2C(=O)C=CC2=O)cn1. The first kappa shape index (κ1) is 8.68. The molecule has 5 nitrogen and oxygen atoms in total. The fourth-order valence-corrected chi connectivity index (χ4v) is 1.32. The lowest BCUT2D eigenvalue weighted by molar-refractivity contribution is -0.137. The van der Waals surface area contributed by atoms with Crippen LogP contribution in [0.2, 0.25) is 0 Å². The molecule has 5 heteroatoms. The Bertz CT molecular complexity index is 401. The van der Waals surface area contributed by atoms with Gasteiger partial charge in [0, 0.05) is 31.0 Å². The molecule has 2 heterocycles. The first-order valence-corrected chi connectivity index (χ1v) is 4.18. The Kier molecular flexibility index (Phi) is 1.92. The van der Waals surface area contributed by atoms with E-state index in [-0.39, 0.29) is 11.8 Å². The number of carbonyl (C=O) groups is 2. The average molecular weight is 191 g/mol. The number of carbonyl (C=O) groups excluding carboxylic acids is 2. The molecular formula is C9H9N3O2. The third-order valence-electron chi connectivity index (χ3n) is 2.00. The van der Waals surface area contributed by atoms with Gasteiger partial charge in [0.1, 0.15) is 0 Å². The van der Waals surface area contributed by atoms with Gasteiger partial charge in [-0.05, 0) is 0 Å². The van der Waals surface area contributed by atoms with Gasteiger partial charge >= 0.3 is 0 Å². The number of imide groups is 1. The standard InChI is InChI=1S/C9H9N3O2/c1-11-5-7(4-10-11)6-12-8(13)2-3-9(12)14/h2-5H,6H2,1H3. The van der Waals surface area contributed by atoms with Crippen molar-refractivity contribution >= 4 is 11.8 Å². The summed E-state index contributed by atoms with van der Waals surface area (Å²) >= 11 is 0. The predicted molar refractivity (Wildman–Crippen MR) is 47.9 cm³/mol. The number of amides is 2. The summed E-state index contributed by atoms with van der Waals surface area (Å²) < 4.78 is 1.63. The molecule has 1 aliphatic heterocycles. The maximum absolute atomic E-state index is 11.2. The molecule has 0 radical (unpaired) electrons. The van der Waals surface area contributed by atoms with Gasteiger partial charge < -0.3 is 0 Å². The van der Waals surface area contributed by atoms with E-state index in [0.29, 0.717) is 6.54 Å². The molecular weight excluding hydrogens is 182 g/mol. The van der Waals surface area contributed by atoms with Gasteiger partial charge in [0.2, 0.25) is 0 Å². The van der Waals surface area contributed by atoms with Gasteiger partial charge in [-0.25, -0.2) is 0 Å². The molecule has 14 heavy (non-hydrogen) atoms. The van der Waals surface area contributed by atoms with Crippen molar-refractivity contribution in [2.45, 2.75) is 6.54 Å². The van der Waals surface area contributed by atoms with Crippen LogP contribution in [0, 0.1) is 0 Å². The van der Waals surface area contributed by atoms with Crippen molar-refractivity contribution in [3.63, 3.8) is 0 Å². The largest absolute Gasteiger partial charge is 0.275 e. The quantitative estimate of drug-likeness (QED) is 0.610. The maximum Gasteiger partial charge on any atom is 0.253 e. The minimum Gasteiger partial charge on any atom is -0.275 e. The zero-order valence-corrected chi connectivity index (χ0v) is 7.67. The van der Waals surface area contributed by atoms with Gasteiger partial charge in [0.15, 0.2) is 0 Å². The summed E-state index contributed by atoms with van der Waals surface area (Å²) in [6.45, 7) is 0.290. The highest BCUT2D eigenvalue weighted by Gasteiger charge is 2.23. The fraction of sp³-hybridized carbons (Fsp3) is 0.222. The summed E-state index contributed by atoms with van der Waals surface area (Å²) in [5, 5.41) is 3.96. The van der Waals surface area contributed by atoms with Gasteiger partial charge in [-0.15, -0.1) is 0 Å². The van der Waals surface area contributed by atoms with Crippen molar-refractivity contribution in [1.29, 1.82) is 0 Å². The Morgan fingerprint density at radius 1 is 1.29 bits per heavy atom. The maximum atomic E-state index is 11.2. The minimum absolute atomic E-state index is 0.265. The van der Waals surface area contributed by atoms with E-state index in [2.05, 4.69) is 5.10 Å². The van der Waals surface area contributed by atoms with Crippen LogP contribution in [0.3, 0.4) is 0 Å². The molecule has 0 saturated carbocycles. The van der Waals surface area contributed by atoms with Crippen molar-refractivity contribution in [3.05, 3.63) is 30.1 Å². The van der Waals surface area contributed by atoms with Crippen LogP contribution in [0.25, 0.3) is 0 Å². The Morgan fingerprint density at radius 2 is 1.93 bits per heavy atom. The molecule has 1 aromatic rings. The smallest absolute Gasteiger partial charge is 0.253 e. The van der Waals surface area contributed by atoms with Gasteiger partial charge in [0.05, 0.1) is 12.7 Å². The van der Waals surface area contributed by atoms with Crippen molar-refractivity contribution in [2.75, 3.05) is 0 Å². The van der Waals surface area contributed by atoms with E-state index >= 15 is 0 Å². The van der Waals surface area contributed by atoms with Crippen molar-refractivity contribution in [3.8, 4) is 0 Å². The molecule has 2 rings (SSSR count). The number of hydrogen-bond donors (Lipinski definition) is 0. The highest BCUT2D eigenvalue weighted by Crippen LogP contribution is 2.09. The Morgan fingerprint density at radius 3 is 2.43 bits per heavy atom. The van der Waals surface area contributed by atoms with E-state index in [9.17, 15) is 9.59 Å². The molecule has 1 aromatic heterocycles. The van der Waals surface area contributed by atoms with Crippen LogP contribution in [-0.4, -0.2) is 26.5 Å². The van der Waals surface area contributed by atoms with Crippen LogP contribution in [0.15, 0.2) is 24.5 Å². The summed E-state index contributed by atoms with van der Waals surface area (Å²) in [5.41, 5.74) is 0.845. The third-order valence-corrected chi connectivity index (χ3v) is 2.00. The second kappa shape index (κ2) is 3.10. The molecule has 0 spiro atoms. The second-order valence-electron chi connectivity index (χ2n) is 3.12. The lowest BCUT2D eigenvalue weighted by Crippen LogP contribution is -2.29. The van der Waals surface area contributed by atoms with E-state index in [1.54, 1.807) is 24.1 Å². The highest BCUT2D eigenvalue weighted by molar-refractivity contribution is 6.12. The molecule has 0 unspecified atom stereocenters. The van der Waals surface area contributed by atoms with Gasteiger partial charge in [-0.1, -0.05) is 0 Å². The second-order valence-corrected chi connectivity index (χ2v) is 3.12. The van der Waals surface area contributed by atoms with Gasteiger partial charge in [0.25, 0.3) is 11.8 Å². The first-order valence-electron chi connectivity index (χ1n) is 4.18. The summed E-state index contributed by atoms with van der Waals surface area (Å²) in [6, 6.07) is 0. The molecule has 2 amide bonds. The summed E-state index contributed by atoms with van der Waals surface area (Å²) in [5.74, 6) is -0.530. The van der Waals surface area contributed by atoms with E-state index in [1.807, 2.05) is 0 Å². The summed E-state index contributed by atoms with van der Waals surface area (Å²) in [4.78, 5) is 23.6. The van der Waals surface area contributed by atoms with Crippen LogP contribution in [0.5, 0.6) is 0 Å². The van der Waals surface area contributed by atoms with Crippen LogP contribution in [-0.2, 0) is 23.2 Å². The van der Waals surface area contributed by atoms with E-state index in [1.165, 1.54) is 17.1 Å². The lowest BCUT2D eigenvalue weighted by atomic mass is 10.3. The Hall–Kier alpha value is -1.91. The van der Waals surface area contributed by atoms with Crippen molar-refractivity contribution in [2.24, 2.45) is 7.05 Å². The molecule has 1 aliphatic rings. The normalized spacial score (nSPS) is 15.6. The Labute approximate surface area is 80.6 Å². The number of aryl methyl sites for hydroxylation is 1. The van der Waals surface area contributed by atoms with Crippen LogP contribution in [0.4, 0.5) is 0 Å². The zero-order chi connectivity index (χ0) is 10.1. The van der Waals surface area contributed by atoms with Crippen molar-refractivity contribution < 1.29 is 9.59 Å². The monoisotopic (exact) mass is 191 g/mol. The topological polar surface area (TPSA) is 55.2 Å². The molecule has 0 bridgehead atoms. The lowest BCUT2D eigenvalue weighted by Gasteiger charge is -2.11. The van der Waals surface area contributed by atoms with Crippen LogP contribution in [0.1, 0.15) is 5.56 Å². The number of nitrogens with zero attached hydrogens (tertiary/aromatic N) is 3. The van der Waals surface area contributed by atoms with Crippen LogP contribution < -0.4 is 0 Å². The molecule has 0 atom stereocenters. The number of aromatic nitrogens is 2. The van der Waals surface area contributed by atoms with Crippen molar-refractivity contribution in [1.82, 2.24) is 14.7 Å². The van der Waals surface area contributed by atoms with Crippen LogP contribution >= 0.6 is 0 Å². The molecule has 0 aromatic carbocycles.